The molecular formula is C24H24FN5O2. The molecule has 2 aromatic rings. The monoisotopic (exact) mass is 433 g/mol. The molecule has 1 amide bonds. The lowest BCUT2D eigenvalue weighted by molar-refractivity contribution is -0.0536. The zero-order valence-electron chi connectivity index (χ0n) is 17.6. The van der Waals surface area contributed by atoms with E-state index in [0.717, 1.165) is 11.1 Å². The van der Waals surface area contributed by atoms with E-state index in [1.807, 2.05) is 24.3 Å². The van der Waals surface area contributed by atoms with Crippen LogP contribution in [-0.4, -0.2) is 38.1 Å². The molecule has 8 heteroatoms. The summed E-state index contributed by atoms with van der Waals surface area (Å²) >= 11 is 0. The number of hydrogen-bond donors (Lipinski definition) is 3. The zero-order chi connectivity index (χ0) is 22.6. The van der Waals surface area contributed by atoms with Crippen LogP contribution < -0.4 is 11.5 Å². The van der Waals surface area contributed by atoms with Crippen LogP contribution in [-0.2, 0) is 0 Å². The van der Waals surface area contributed by atoms with Gasteiger partial charge in [-0.3, -0.25) is 9.79 Å². The first kappa shape index (κ1) is 20.4. The molecule has 5 rings (SSSR count). The van der Waals surface area contributed by atoms with Gasteiger partial charge in [0.15, 0.2) is 0 Å². The van der Waals surface area contributed by atoms with E-state index in [1.54, 1.807) is 29.8 Å². The van der Waals surface area contributed by atoms with Crippen molar-refractivity contribution in [2.45, 2.75) is 43.9 Å². The first-order chi connectivity index (χ1) is 15.2. The van der Waals surface area contributed by atoms with Crippen LogP contribution in [0.25, 0.3) is 5.57 Å². The van der Waals surface area contributed by atoms with Crippen LogP contribution >= 0.6 is 0 Å². The van der Waals surface area contributed by atoms with Crippen molar-refractivity contribution in [3.8, 4) is 0 Å². The number of nitrogen functional groups attached to an aromatic ring is 1. The van der Waals surface area contributed by atoms with Gasteiger partial charge in [0, 0.05) is 12.0 Å². The maximum atomic E-state index is 14.3. The van der Waals surface area contributed by atoms with Crippen LogP contribution in [0.2, 0.25) is 0 Å². The number of aromatic nitrogens is 2. The number of rotatable bonds is 4. The van der Waals surface area contributed by atoms with E-state index >= 15 is 0 Å². The summed E-state index contributed by atoms with van der Waals surface area (Å²) in [7, 11) is 0. The Labute approximate surface area is 184 Å². The third-order valence-corrected chi connectivity index (χ3v) is 6.35. The van der Waals surface area contributed by atoms with Gasteiger partial charge in [0.25, 0.3) is 5.91 Å². The number of dihydropyridines is 1. The summed E-state index contributed by atoms with van der Waals surface area (Å²) in [5.41, 5.74) is 14.6. The molecule has 1 atom stereocenters. The molecule has 32 heavy (non-hydrogen) atoms. The lowest BCUT2D eigenvalue weighted by atomic mass is 9.77. The number of amides is 1. The van der Waals surface area contributed by atoms with Gasteiger partial charge in [-0.25, -0.2) is 9.07 Å². The summed E-state index contributed by atoms with van der Waals surface area (Å²) in [6.07, 6.45) is 9.06. The molecular weight excluding hydrogens is 409 g/mol. The Bertz CT molecular complexity index is 1240. The number of primary amides is 1. The van der Waals surface area contributed by atoms with Gasteiger partial charge in [-0.15, -0.1) is 0 Å². The molecule has 0 bridgehead atoms. The van der Waals surface area contributed by atoms with Gasteiger partial charge in [0.1, 0.15) is 22.9 Å². The Kier molecular flexibility index (Phi) is 4.63. The van der Waals surface area contributed by atoms with Gasteiger partial charge in [-0.05, 0) is 49.1 Å². The van der Waals surface area contributed by atoms with Gasteiger partial charge in [0.05, 0.1) is 23.4 Å². The fraction of sp³-hybridized carbons (Fsp3) is 0.292. The van der Waals surface area contributed by atoms with E-state index in [2.05, 4.69) is 5.10 Å². The number of carbonyl (C=O) groups is 1. The summed E-state index contributed by atoms with van der Waals surface area (Å²) in [4.78, 5) is 17.0. The van der Waals surface area contributed by atoms with Crippen LogP contribution in [0.15, 0.2) is 59.1 Å². The zero-order valence-corrected chi connectivity index (χ0v) is 17.6. The second-order valence-corrected chi connectivity index (χ2v) is 8.88. The second kappa shape index (κ2) is 7.27. The van der Waals surface area contributed by atoms with E-state index < -0.39 is 11.5 Å². The Morgan fingerprint density at radius 1 is 1.25 bits per heavy atom. The van der Waals surface area contributed by atoms with E-state index in [1.165, 1.54) is 6.07 Å². The molecule has 1 fully saturated rings. The first-order valence-corrected chi connectivity index (χ1v) is 10.6. The number of hydrogen-bond acceptors (Lipinski definition) is 5. The van der Waals surface area contributed by atoms with Crippen LogP contribution in [0.5, 0.6) is 0 Å². The molecule has 2 aliphatic carbocycles. The highest BCUT2D eigenvalue weighted by atomic mass is 19.1. The number of fused-ring (bicyclic) bond motifs is 1. The lowest BCUT2D eigenvalue weighted by Crippen LogP contribution is -2.42. The predicted octanol–water partition coefficient (Wildman–Crippen LogP) is 2.93. The van der Waals surface area contributed by atoms with Crippen molar-refractivity contribution in [1.82, 2.24) is 9.78 Å². The van der Waals surface area contributed by atoms with E-state index in [9.17, 15) is 14.3 Å². The van der Waals surface area contributed by atoms with Crippen LogP contribution in [0.4, 0.5) is 10.2 Å². The molecule has 1 aliphatic heterocycles. The Balaban J connectivity index is 1.49. The largest absolute Gasteiger partial charge is 0.390 e. The van der Waals surface area contributed by atoms with Crippen LogP contribution in [0, 0.1) is 5.82 Å². The molecule has 2 heterocycles. The topological polar surface area (TPSA) is 120 Å². The van der Waals surface area contributed by atoms with Crippen LogP contribution in [0.1, 0.15) is 53.8 Å². The highest BCUT2D eigenvalue weighted by Crippen LogP contribution is 2.43. The molecule has 0 radical (unpaired) electrons. The molecule has 164 valence electrons. The molecule has 3 aliphatic rings. The summed E-state index contributed by atoms with van der Waals surface area (Å²) < 4.78 is 15.9. The number of anilines is 1. The van der Waals surface area contributed by atoms with Gasteiger partial charge >= 0.3 is 0 Å². The Morgan fingerprint density at radius 3 is 2.69 bits per heavy atom. The molecule has 1 unspecified atom stereocenters. The smallest absolute Gasteiger partial charge is 0.254 e. The predicted molar refractivity (Wildman–Crippen MR) is 121 cm³/mol. The molecule has 0 saturated heterocycles. The number of carbonyl (C=O) groups excluding carboxylic acids is 1. The number of halogens is 1. The summed E-state index contributed by atoms with van der Waals surface area (Å²) in [5, 5.41) is 14.7. The van der Waals surface area contributed by atoms with E-state index in [0.29, 0.717) is 36.2 Å². The number of nitrogens with two attached hydrogens (primary N) is 2. The van der Waals surface area contributed by atoms with Crippen molar-refractivity contribution in [1.29, 1.82) is 0 Å². The van der Waals surface area contributed by atoms with E-state index in [-0.39, 0.29) is 29.3 Å². The summed E-state index contributed by atoms with van der Waals surface area (Å²) in [6, 6.07) is 6.22. The first-order valence-electron chi connectivity index (χ1n) is 10.6. The average molecular weight is 433 g/mol. The fourth-order valence-electron chi connectivity index (χ4n) is 4.70. The third kappa shape index (κ3) is 3.36. The summed E-state index contributed by atoms with van der Waals surface area (Å²) in [6.45, 7) is 1.76. The van der Waals surface area contributed by atoms with Crippen molar-refractivity contribution < 1.29 is 14.3 Å². The van der Waals surface area contributed by atoms with Crippen molar-refractivity contribution in [2.24, 2.45) is 10.7 Å². The van der Waals surface area contributed by atoms with Crippen molar-refractivity contribution >= 4 is 23.0 Å². The molecule has 1 saturated carbocycles. The molecule has 1 aromatic carbocycles. The maximum absolute atomic E-state index is 14.3. The summed E-state index contributed by atoms with van der Waals surface area (Å²) in [5.74, 6) is -0.763. The van der Waals surface area contributed by atoms with Gasteiger partial charge < -0.3 is 16.6 Å². The minimum absolute atomic E-state index is 0.0876. The van der Waals surface area contributed by atoms with E-state index in [4.69, 9.17) is 16.5 Å². The fourth-order valence-corrected chi connectivity index (χ4v) is 4.70. The molecule has 7 nitrogen and oxygen atoms in total. The number of aliphatic hydroxyl groups is 1. The minimum Gasteiger partial charge on any atom is -0.390 e. The quantitative estimate of drug-likeness (QED) is 0.687. The van der Waals surface area contributed by atoms with Crippen molar-refractivity contribution in [3.63, 3.8) is 0 Å². The Hall–Kier alpha value is -3.52. The molecule has 5 N–H and O–H groups in total. The maximum Gasteiger partial charge on any atom is 0.254 e. The highest BCUT2D eigenvalue weighted by molar-refractivity contribution is 6.10. The Morgan fingerprint density at radius 2 is 2.00 bits per heavy atom. The number of nitrogens with zero attached hydrogens (tertiary/aromatic N) is 3. The van der Waals surface area contributed by atoms with Crippen LogP contribution in [0.3, 0.4) is 0 Å². The SMILES string of the molecule is CC1(O)CC(n2nc(C3=CC=C4C=CC(c5ccccc5F)=NC4C3)c(C(N)=O)c2N)C1. The molecule has 1 aromatic heterocycles. The van der Waals surface area contributed by atoms with Gasteiger partial charge in [-0.1, -0.05) is 30.4 Å². The van der Waals surface area contributed by atoms with Gasteiger partial charge in [-0.2, -0.15) is 5.10 Å². The highest BCUT2D eigenvalue weighted by Gasteiger charge is 2.42. The minimum atomic E-state index is -0.760. The molecule has 0 spiro atoms. The van der Waals surface area contributed by atoms with Crippen molar-refractivity contribution in [3.05, 3.63) is 76.8 Å². The standard InChI is InChI=1S/C24H24FN5O2/c1-24(32)11-15(12-24)30-22(26)20(23(27)31)21(29-30)14-7-6-13-8-9-18(28-19(13)10-14)16-4-2-3-5-17(16)25/h2-9,15,19,32H,10-12,26H2,1H3,(H2,27,31). The third-order valence-electron chi connectivity index (χ3n) is 6.35. The van der Waals surface area contributed by atoms with Crippen molar-refractivity contribution in [2.75, 3.05) is 5.73 Å². The normalized spacial score (nSPS) is 26.5. The number of aliphatic imine (C=N–C) groups is 1. The second-order valence-electron chi connectivity index (χ2n) is 8.88. The average Bonchev–Trinajstić information content (AvgIpc) is 3.08. The number of benzene rings is 1. The van der Waals surface area contributed by atoms with Gasteiger partial charge in [0.2, 0.25) is 0 Å². The lowest BCUT2D eigenvalue weighted by Gasteiger charge is -2.41. The number of allylic oxidation sites excluding steroid dienone is 3.